The molecule has 0 aliphatic heterocycles. The van der Waals surface area contributed by atoms with Crippen molar-refractivity contribution >= 4 is 45.6 Å². The highest BCUT2D eigenvalue weighted by atomic mass is 127. The van der Waals surface area contributed by atoms with Gasteiger partial charge in [0.25, 0.3) is 0 Å². The quantitative estimate of drug-likeness (QED) is 0.171. The van der Waals surface area contributed by atoms with Crippen LogP contribution in [0.2, 0.25) is 0 Å². The van der Waals surface area contributed by atoms with Crippen LogP contribution in [0, 0.1) is 0 Å². The molecule has 0 fully saturated rings. The van der Waals surface area contributed by atoms with Gasteiger partial charge in [0.15, 0.2) is 5.96 Å². The van der Waals surface area contributed by atoms with Crippen LogP contribution in [-0.4, -0.2) is 34.2 Å². The lowest BCUT2D eigenvalue weighted by Gasteiger charge is -2.14. The highest BCUT2D eigenvalue weighted by Crippen LogP contribution is 2.15. The summed E-state index contributed by atoms with van der Waals surface area (Å²) >= 11 is 0. The van der Waals surface area contributed by atoms with Crippen molar-refractivity contribution in [1.29, 1.82) is 0 Å². The second-order valence-electron chi connectivity index (χ2n) is 6.51. The third-order valence-corrected chi connectivity index (χ3v) is 4.65. The first kappa shape index (κ1) is 26.0. The van der Waals surface area contributed by atoms with Crippen LogP contribution < -0.4 is 15.4 Å². The van der Waals surface area contributed by atoms with E-state index in [9.17, 15) is 8.42 Å². The maximum absolute atomic E-state index is 11.5. The molecule has 0 atom stereocenters. The number of aliphatic imine (C=N–C) groups is 1. The topological polar surface area (TPSA) is 82.6 Å². The summed E-state index contributed by atoms with van der Waals surface area (Å²) in [7, 11) is -1.56. The monoisotopic (exact) mass is 510 g/mol. The second kappa shape index (κ2) is 15.0. The average molecular weight is 510 g/mol. The number of nitrogens with zero attached hydrogens (tertiary/aromatic N) is 1. The van der Waals surface area contributed by atoms with Crippen molar-refractivity contribution in [1.82, 2.24) is 10.6 Å². The van der Waals surface area contributed by atoms with Crippen molar-refractivity contribution < 1.29 is 8.42 Å². The van der Waals surface area contributed by atoms with Gasteiger partial charge in [0.2, 0.25) is 10.0 Å². The Morgan fingerprint density at radius 2 is 1.63 bits per heavy atom. The van der Waals surface area contributed by atoms with Crippen LogP contribution in [0.3, 0.4) is 0 Å². The molecule has 3 N–H and O–H groups in total. The van der Waals surface area contributed by atoms with E-state index < -0.39 is 10.0 Å². The van der Waals surface area contributed by atoms with Crippen molar-refractivity contribution in [2.45, 2.75) is 58.4 Å². The summed E-state index contributed by atoms with van der Waals surface area (Å²) in [5.74, 6) is 0.727. The van der Waals surface area contributed by atoms with Gasteiger partial charge in [-0.3, -0.25) is 9.71 Å². The van der Waals surface area contributed by atoms with Crippen LogP contribution in [0.1, 0.15) is 57.4 Å². The van der Waals surface area contributed by atoms with Crippen LogP contribution in [0.5, 0.6) is 0 Å². The van der Waals surface area contributed by atoms with Crippen molar-refractivity contribution in [3.63, 3.8) is 0 Å². The Labute approximate surface area is 182 Å². The third kappa shape index (κ3) is 12.9. The molecule has 8 heteroatoms. The van der Waals surface area contributed by atoms with Crippen molar-refractivity contribution in [2.24, 2.45) is 4.99 Å². The van der Waals surface area contributed by atoms with Crippen molar-refractivity contribution in [3.8, 4) is 0 Å². The molecule has 0 spiro atoms. The summed E-state index contributed by atoms with van der Waals surface area (Å²) in [5.41, 5.74) is 1.46. The van der Waals surface area contributed by atoms with Gasteiger partial charge in [-0.2, -0.15) is 0 Å². The number of benzene rings is 1. The maximum atomic E-state index is 11.5. The molecule has 1 aromatic carbocycles. The van der Waals surface area contributed by atoms with Crippen molar-refractivity contribution in [2.75, 3.05) is 24.6 Å². The number of unbranched alkanes of at least 4 members (excludes halogenated alkanes) is 6. The Morgan fingerprint density at radius 1 is 1.00 bits per heavy atom. The Balaban J connectivity index is 0.00000676. The van der Waals surface area contributed by atoms with Gasteiger partial charge < -0.3 is 10.6 Å². The van der Waals surface area contributed by atoms with E-state index in [1.165, 1.54) is 38.5 Å². The number of anilines is 1. The van der Waals surface area contributed by atoms with Gasteiger partial charge in [-0.1, -0.05) is 63.6 Å². The van der Waals surface area contributed by atoms with Gasteiger partial charge in [0, 0.05) is 20.1 Å². The van der Waals surface area contributed by atoms with Crippen molar-refractivity contribution in [3.05, 3.63) is 29.8 Å². The van der Waals surface area contributed by atoms with E-state index in [0.29, 0.717) is 12.2 Å². The zero-order valence-corrected chi connectivity index (χ0v) is 19.9. The summed E-state index contributed by atoms with van der Waals surface area (Å²) in [6.45, 7) is 3.62. The van der Waals surface area contributed by atoms with Gasteiger partial charge in [0.05, 0.1) is 11.9 Å². The molecule has 1 rings (SSSR count). The van der Waals surface area contributed by atoms with Crippen LogP contribution >= 0.6 is 24.0 Å². The maximum Gasteiger partial charge on any atom is 0.229 e. The molecule has 6 nitrogen and oxygen atoms in total. The first-order valence-electron chi connectivity index (χ1n) is 9.46. The number of rotatable bonds is 12. The third-order valence-electron chi connectivity index (χ3n) is 4.06. The molecule has 156 valence electrons. The largest absolute Gasteiger partial charge is 0.356 e. The Hall–Kier alpha value is -1.03. The smallest absolute Gasteiger partial charge is 0.229 e. The first-order chi connectivity index (χ1) is 12.5. The van der Waals surface area contributed by atoms with Crippen LogP contribution in [0.15, 0.2) is 29.3 Å². The van der Waals surface area contributed by atoms with E-state index in [2.05, 4.69) is 27.3 Å². The molecule has 0 radical (unpaired) electrons. The first-order valence-corrected chi connectivity index (χ1v) is 11.4. The second-order valence-corrected chi connectivity index (χ2v) is 8.25. The Morgan fingerprint density at radius 3 is 2.26 bits per heavy atom. The average Bonchev–Trinajstić information content (AvgIpc) is 2.59. The predicted octanol–water partition coefficient (Wildman–Crippen LogP) is 4.09. The van der Waals surface area contributed by atoms with Gasteiger partial charge in [-0.05, 0) is 18.1 Å². The van der Waals surface area contributed by atoms with Gasteiger partial charge in [-0.15, -0.1) is 24.0 Å². The number of halogens is 1. The van der Waals surface area contributed by atoms with Crippen LogP contribution in [0.25, 0.3) is 0 Å². The van der Waals surface area contributed by atoms with Gasteiger partial charge in [0.1, 0.15) is 0 Å². The number of guanidine groups is 1. The summed E-state index contributed by atoms with van der Waals surface area (Å²) in [6.07, 6.45) is 10.1. The lowest BCUT2D eigenvalue weighted by Crippen LogP contribution is -2.37. The number of para-hydroxylation sites is 1. The predicted molar refractivity (Wildman–Crippen MR) is 127 cm³/mol. The van der Waals surface area contributed by atoms with E-state index >= 15 is 0 Å². The summed E-state index contributed by atoms with van der Waals surface area (Å²) in [6, 6.07) is 7.35. The fraction of sp³-hybridized carbons (Fsp3) is 0.632. The lowest BCUT2D eigenvalue weighted by molar-refractivity contribution is 0.583. The Kier molecular flexibility index (Phi) is 14.4. The van der Waals surface area contributed by atoms with E-state index in [1.807, 2.05) is 18.2 Å². The summed E-state index contributed by atoms with van der Waals surface area (Å²) in [5, 5.41) is 6.54. The summed E-state index contributed by atoms with van der Waals surface area (Å²) in [4.78, 5) is 4.22. The lowest BCUT2D eigenvalue weighted by atomic mass is 10.1. The zero-order chi connectivity index (χ0) is 19.3. The number of hydrogen-bond donors (Lipinski definition) is 3. The highest BCUT2D eigenvalue weighted by Gasteiger charge is 2.07. The summed E-state index contributed by atoms with van der Waals surface area (Å²) < 4.78 is 25.5. The standard InChI is InChI=1S/C19H34N4O2S.HI/c1-4-5-6-7-8-9-12-15-21-19(20-2)22-16-17-13-10-11-14-18(17)23-26(3,24)25;/h10-11,13-14,23H,4-9,12,15-16H2,1-3H3,(H2,20,21,22);1H. The number of sulfonamides is 1. The van der Waals surface area contributed by atoms with Crippen LogP contribution in [0.4, 0.5) is 5.69 Å². The van der Waals surface area contributed by atoms with E-state index in [4.69, 9.17) is 0 Å². The molecule has 0 heterocycles. The Bertz CT molecular complexity index is 651. The van der Waals surface area contributed by atoms with Gasteiger partial charge in [-0.25, -0.2) is 8.42 Å². The molecule has 0 unspecified atom stereocenters. The molecule has 0 aromatic heterocycles. The van der Waals surface area contributed by atoms with E-state index in [0.717, 1.165) is 30.7 Å². The van der Waals surface area contributed by atoms with E-state index in [-0.39, 0.29) is 24.0 Å². The molecule has 0 aliphatic rings. The molecular formula is C19H35IN4O2S. The molecule has 1 aromatic rings. The number of nitrogens with one attached hydrogen (secondary N) is 3. The van der Waals surface area contributed by atoms with Crippen LogP contribution in [-0.2, 0) is 16.6 Å². The normalized spacial score (nSPS) is 11.6. The highest BCUT2D eigenvalue weighted by molar-refractivity contribution is 14.0. The minimum Gasteiger partial charge on any atom is -0.356 e. The molecule has 27 heavy (non-hydrogen) atoms. The van der Waals surface area contributed by atoms with E-state index in [1.54, 1.807) is 13.1 Å². The minimum absolute atomic E-state index is 0. The zero-order valence-electron chi connectivity index (χ0n) is 16.8. The SMILES string of the molecule is CCCCCCCCCNC(=NC)NCc1ccccc1NS(C)(=O)=O.I. The number of hydrogen-bond acceptors (Lipinski definition) is 3. The van der Waals surface area contributed by atoms with Gasteiger partial charge >= 0.3 is 0 Å². The molecule has 0 saturated carbocycles. The fourth-order valence-electron chi connectivity index (χ4n) is 2.66. The molecular weight excluding hydrogens is 475 g/mol. The molecule has 0 amide bonds. The molecule has 0 bridgehead atoms. The minimum atomic E-state index is -3.30. The molecule has 0 aliphatic carbocycles. The fourth-order valence-corrected chi connectivity index (χ4v) is 3.26. The molecule has 0 saturated heterocycles.